The summed E-state index contributed by atoms with van der Waals surface area (Å²) in [5, 5.41) is 12.6. The van der Waals surface area contributed by atoms with Crippen molar-refractivity contribution in [1.29, 1.82) is 0 Å². The van der Waals surface area contributed by atoms with E-state index in [1.807, 2.05) is 13.0 Å². The molecule has 1 aliphatic rings. The number of aryl methyl sites for hydroxylation is 1. The highest BCUT2D eigenvalue weighted by molar-refractivity contribution is 5.89. The van der Waals surface area contributed by atoms with Crippen LogP contribution < -0.4 is 5.32 Å². The monoisotopic (exact) mass is 261 g/mol. The molecule has 1 fully saturated rings. The molecule has 0 aromatic heterocycles. The van der Waals surface area contributed by atoms with E-state index in [0.717, 1.165) is 23.1 Å². The van der Waals surface area contributed by atoms with Gasteiger partial charge < -0.3 is 10.4 Å². The van der Waals surface area contributed by atoms with Crippen LogP contribution in [0.5, 0.6) is 0 Å². The molecule has 3 nitrogen and oxygen atoms in total. The van der Waals surface area contributed by atoms with Gasteiger partial charge in [-0.15, -0.1) is 0 Å². The molecule has 0 radical (unpaired) electrons. The summed E-state index contributed by atoms with van der Waals surface area (Å²) in [7, 11) is 0. The Bertz CT molecular complexity index is 460. The predicted octanol–water partition coefficient (Wildman–Crippen LogP) is 3.93. The van der Waals surface area contributed by atoms with Gasteiger partial charge in [-0.3, -0.25) is 0 Å². The maximum Gasteiger partial charge on any atom is 0.335 e. The normalized spacial score (nSPS) is 27.0. The van der Waals surface area contributed by atoms with E-state index in [9.17, 15) is 4.79 Å². The number of hydrogen-bond donors (Lipinski definition) is 2. The first-order valence-corrected chi connectivity index (χ1v) is 7.06. The van der Waals surface area contributed by atoms with Crippen molar-refractivity contribution in [3.63, 3.8) is 0 Å². The smallest absolute Gasteiger partial charge is 0.335 e. The van der Waals surface area contributed by atoms with Crippen LogP contribution in [-0.4, -0.2) is 17.1 Å². The second-order valence-electron chi connectivity index (χ2n) is 6.09. The summed E-state index contributed by atoms with van der Waals surface area (Å²) in [6.07, 6.45) is 3.63. The van der Waals surface area contributed by atoms with Crippen LogP contribution >= 0.6 is 0 Å². The zero-order chi connectivity index (χ0) is 14.0. The van der Waals surface area contributed by atoms with Gasteiger partial charge >= 0.3 is 5.97 Å². The quantitative estimate of drug-likeness (QED) is 0.866. The maximum atomic E-state index is 11.0. The third-order valence-corrected chi connectivity index (χ3v) is 4.02. The topological polar surface area (TPSA) is 49.3 Å². The van der Waals surface area contributed by atoms with Gasteiger partial charge in [0.05, 0.1) is 5.56 Å². The second kappa shape index (κ2) is 5.64. The minimum Gasteiger partial charge on any atom is -0.478 e. The summed E-state index contributed by atoms with van der Waals surface area (Å²) in [6.45, 7) is 6.61. The number of hydrogen-bond acceptors (Lipinski definition) is 2. The molecular formula is C16H23NO2. The van der Waals surface area contributed by atoms with Crippen molar-refractivity contribution in [1.82, 2.24) is 0 Å². The molecule has 2 N–H and O–H groups in total. The van der Waals surface area contributed by atoms with Crippen LogP contribution in [0.4, 0.5) is 5.69 Å². The Hall–Kier alpha value is -1.51. The van der Waals surface area contributed by atoms with E-state index in [-0.39, 0.29) is 0 Å². The fraction of sp³-hybridized carbons (Fsp3) is 0.562. The highest BCUT2D eigenvalue weighted by Gasteiger charge is 2.24. The molecule has 0 saturated heterocycles. The van der Waals surface area contributed by atoms with Crippen LogP contribution in [0.2, 0.25) is 0 Å². The second-order valence-corrected chi connectivity index (χ2v) is 6.09. The molecule has 1 aromatic carbocycles. The fourth-order valence-electron chi connectivity index (χ4n) is 3.20. The third kappa shape index (κ3) is 3.49. The van der Waals surface area contributed by atoms with Crippen LogP contribution in [0.3, 0.4) is 0 Å². The number of carboxylic acids is 1. The van der Waals surface area contributed by atoms with E-state index in [4.69, 9.17) is 5.11 Å². The van der Waals surface area contributed by atoms with Crippen molar-refractivity contribution in [2.24, 2.45) is 11.8 Å². The summed E-state index contributed by atoms with van der Waals surface area (Å²) in [6, 6.07) is 5.75. The molecular weight excluding hydrogens is 238 g/mol. The molecule has 0 aliphatic heterocycles. The Morgan fingerprint density at radius 1 is 1.21 bits per heavy atom. The summed E-state index contributed by atoms with van der Waals surface area (Å²) in [5.41, 5.74) is 2.42. The first-order chi connectivity index (χ1) is 8.95. The Morgan fingerprint density at radius 3 is 2.42 bits per heavy atom. The molecule has 0 amide bonds. The van der Waals surface area contributed by atoms with Crippen molar-refractivity contribution in [3.05, 3.63) is 29.3 Å². The van der Waals surface area contributed by atoms with Gasteiger partial charge in [-0.05, 0) is 55.7 Å². The van der Waals surface area contributed by atoms with Crippen molar-refractivity contribution >= 4 is 11.7 Å². The lowest BCUT2D eigenvalue weighted by atomic mass is 9.80. The van der Waals surface area contributed by atoms with Crippen molar-refractivity contribution < 1.29 is 9.90 Å². The largest absolute Gasteiger partial charge is 0.478 e. The van der Waals surface area contributed by atoms with E-state index in [1.165, 1.54) is 19.3 Å². The molecule has 1 aromatic rings. The van der Waals surface area contributed by atoms with Gasteiger partial charge in [0.2, 0.25) is 0 Å². The molecule has 1 saturated carbocycles. The van der Waals surface area contributed by atoms with Gasteiger partial charge in [0.1, 0.15) is 0 Å². The van der Waals surface area contributed by atoms with E-state index < -0.39 is 5.97 Å². The van der Waals surface area contributed by atoms with Crippen molar-refractivity contribution in [3.8, 4) is 0 Å². The van der Waals surface area contributed by atoms with E-state index in [2.05, 4.69) is 19.2 Å². The molecule has 104 valence electrons. The summed E-state index contributed by atoms with van der Waals surface area (Å²) in [4.78, 5) is 11.0. The summed E-state index contributed by atoms with van der Waals surface area (Å²) < 4.78 is 0. The molecule has 3 heteroatoms. The average Bonchev–Trinajstić information content (AvgIpc) is 2.30. The molecule has 0 bridgehead atoms. The lowest BCUT2D eigenvalue weighted by molar-refractivity contribution is 0.0697. The fourth-order valence-corrected chi connectivity index (χ4v) is 3.20. The first kappa shape index (κ1) is 13.9. The predicted molar refractivity (Wildman–Crippen MR) is 77.7 cm³/mol. The Labute approximate surface area is 115 Å². The number of nitrogens with one attached hydrogen (secondary N) is 1. The van der Waals surface area contributed by atoms with Crippen LogP contribution in [0.1, 0.15) is 49.0 Å². The molecule has 0 heterocycles. The number of carbonyl (C=O) groups is 1. The first-order valence-electron chi connectivity index (χ1n) is 7.06. The van der Waals surface area contributed by atoms with Gasteiger partial charge in [-0.25, -0.2) is 4.79 Å². The molecule has 19 heavy (non-hydrogen) atoms. The van der Waals surface area contributed by atoms with Crippen LogP contribution in [0.25, 0.3) is 0 Å². The van der Waals surface area contributed by atoms with Gasteiger partial charge in [0.15, 0.2) is 0 Å². The third-order valence-electron chi connectivity index (χ3n) is 4.02. The lowest BCUT2D eigenvalue weighted by Crippen LogP contribution is -2.30. The Balaban J connectivity index is 2.13. The van der Waals surface area contributed by atoms with Crippen LogP contribution in [0.15, 0.2) is 18.2 Å². The molecule has 1 aliphatic carbocycles. The van der Waals surface area contributed by atoms with Gasteiger partial charge in [-0.2, -0.15) is 0 Å². The number of aromatic carboxylic acids is 1. The minimum absolute atomic E-state index is 0.352. The number of anilines is 1. The molecule has 2 unspecified atom stereocenters. The van der Waals surface area contributed by atoms with Gasteiger partial charge in [-0.1, -0.05) is 19.9 Å². The summed E-state index contributed by atoms with van der Waals surface area (Å²) >= 11 is 0. The van der Waals surface area contributed by atoms with Gasteiger partial charge in [0.25, 0.3) is 0 Å². The summed E-state index contributed by atoms with van der Waals surface area (Å²) in [5.74, 6) is 0.613. The minimum atomic E-state index is -0.867. The van der Waals surface area contributed by atoms with E-state index >= 15 is 0 Å². The maximum absolute atomic E-state index is 11.0. The number of benzene rings is 1. The standard InChI is InChI=1S/C16H23NO2/c1-10-6-11(2)8-14(7-10)17-15-9-13(16(18)19)5-4-12(15)3/h4-5,9-11,14,17H,6-8H2,1-3H3,(H,18,19). The van der Waals surface area contributed by atoms with Crippen LogP contribution in [0, 0.1) is 18.8 Å². The van der Waals surface area contributed by atoms with Crippen molar-refractivity contribution in [2.75, 3.05) is 5.32 Å². The molecule has 2 rings (SSSR count). The zero-order valence-corrected chi connectivity index (χ0v) is 11.9. The highest BCUT2D eigenvalue weighted by Crippen LogP contribution is 2.31. The van der Waals surface area contributed by atoms with Crippen molar-refractivity contribution in [2.45, 2.75) is 46.1 Å². The zero-order valence-electron chi connectivity index (χ0n) is 11.9. The number of rotatable bonds is 3. The Kier molecular flexibility index (Phi) is 4.13. The number of carboxylic acid groups (broad SMARTS) is 1. The molecule has 0 spiro atoms. The van der Waals surface area contributed by atoms with E-state index in [0.29, 0.717) is 11.6 Å². The average molecular weight is 261 g/mol. The Morgan fingerprint density at radius 2 is 1.84 bits per heavy atom. The molecule has 2 atom stereocenters. The lowest BCUT2D eigenvalue weighted by Gasteiger charge is -2.33. The SMILES string of the molecule is Cc1ccc(C(=O)O)cc1NC1CC(C)CC(C)C1. The van der Waals surface area contributed by atoms with E-state index in [1.54, 1.807) is 12.1 Å². The van der Waals surface area contributed by atoms with Crippen LogP contribution in [-0.2, 0) is 0 Å². The highest BCUT2D eigenvalue weighted by atomic mass is 16.4. The van der Waals surface area contributed by atoms with Gasteiger partial charge in [0, 0.05) is 11.7 Å².